The summed E-state index contributed by atoms with van der Waals surface area (Å²) in [5.74, 6) is 0.600. The quantitative estimate of drug-likeness (QED) is 0.906. The van der Waals surface area contributed by atoms with Crippen molar-refractivity contribution in [2.75, 3.05) is 7.11 Å². The minimum atomic E-state index is 0.458. The summed E-state index contributed by atoms with van der Waals surface area (Å²) in [4.78, 5) is 4.20. The number of halogens is 1. The Morgan fingerprint density at radius 2 is 2.05 bits per heavy atom. The smallest absolute Gasteiger partial charge is 0.212 e. The number of ether oxygens (including phenoxy) is 1. The Morgan fingerprint density at radius 1 is 1.25 bits per heavy atom. The van der Waals surface area contributed by atoms with Gasteiger partial charge in [0.1, 0.15) is 0 Å². The summed E-state index contributed by atoms with van der Waals surface area (Å²) in [5, 5.41) is 4.11. The van der Waals surface area contributed by atoms with Gasteiger partial charge in [-0.05, 0) is 17.7 Å². The lowest BCUT2D eigenvalue weighted by Crippen LogP contribution is -2.21. The molecule has 0 aliphatic heterocycles. The lowest BCUT2D eigenvalue weighted by atomic mass is 10.1. The average molecular weight is 291 g/mol. The maximum atomic E-state index is 6.37. The van der Waals surface area contributed by atoms with Gasteiger partial charge in [0.15, 0.2) is 0 Å². The van der Waals surface area contributed by atoms with Crippen LogP contribution in [0.4, 0.5) is 0 Å². The topological polar surface area (TPSA) is 34.1 Å². The van der Waals surface area contributed by atoms with E-state index < -0.39 is 0 Å². The van der Waals surface area contributed by atoms with E-state index in [9.17, 15) is 0 Å². The Hall–Kier alpha value is -1.58. The molecule has 0 unspecified atom stereocenters. The second kappa shape index (κ2) is 6.73. The lowest BCUT2D eigenvalue weighted by molar-refractivity contribution is 0.398. The Labute approximate surface area is 124 Å². The van der Waals surface area contributed by atoms with Gasteiger partial charge in [0.05, 0.1) is 7.11 Å². The SMILES string of the molecule is COc1ccc(-c2ccc(CNC(C)C)cc2Cl)cn1. The van der Waals surface area contributed by atoms with Gasteiger partial charge >= 0.3 is 0 Å². The average Bonchev–Trinajstić information content (AvgIpc) is 2.45. The number of pyridine rings is 1. The van der Waals surface area contributed by atoms with Gasteiger partial charge in [-0.1, -0.05) is 37.6 Å². The largest absolute Gasteiger partial charge is 0.481 e. The van der Waals surface area contributed by atoms with Crippen molar-refractivity contribution in [2.45, 2.75) is 26.4 Å². The van der Waals surface area contributed by atoms with Crippen LogP contribution >= 0.6 is 11.6 Å². The first kappa shape index (κ1) is 14.8. The van der Waals surface area contributed by atoms with Crippen LogP contribution in [0.2, 0.25) is 5.02 Å². The molecule has 106 valence electrons. The molecular formula is C16H19ClN2O. The van der Waals surface area contributed by atoms with Crippen LogP contribution in [0.15, 0.2) is 36.5 Å². The maximum Gasteiger partial charge on any atom is 0.212 e. The molecule has 0 aliphatic rings. The van der Waals surface area contributed by atoms with Crippen LogP contribution in [0.25, 0.3) is 11.1 Å². The number of nitrogens with one attached hydrogen (secondary N) is 1. The van der Waals surface area contributed by atoms with Crippen LogP contribution in [0.5, 0.6) is 5.88 Å². The predicted octanol–water partition coefficient (Wildman–Crippen LogP) is 3.91. The molecule has 1 heterocycles. The minimum Gasteiger partial charge on any atom is -0.481 e. The van der Waals surface area contributed by atoms with E-state index >= 15 is 0 Å². The monoisotopic (exact) mass is 290 g/mol. The fourth-order valence-corrected chi connectivity index (χ4v) is 2.20. The van der Waals surface area contributed by atoms with Crippen LogP contribution in [-0.2, 0) is 6.54 Å². The number of rotatable bonds is 5. The number of methoxy groups -OCH3 is 1. The molecule has 0 spiro atoms. The lowest BCUT2D eigenvalue weighted by Gasteiger charge is -2.10. The van der Waals surface area contributed by atoms with Crippen LogP contribution < -0.4 is 10.1 Å². The van der Waals surface area contributed by atoms with E-state index in [1.165, 1.54) is 5.56 Å². The Kier molecular flexibility index (Phi) is 4.99. The van der Waals surface area contributed by atoms with Crippen LogP contribution in [0.1, 0.15) is 19.4 Å². The minimum absolute atomic E-state index is 0.458. The van der Waals surface area contributed by atoms with Gasteiger partial charge in [0.2, 0.25) is 5.88 Å². The summed E-state index contributed by atoms with van der Waals surface area (Å²) >= 11 is 6.37. The van der Waals surface area contributed by atoms with Gasteiger partial charge < -0.3 is 10.1 Å². The second-order valence-electron chi connectivity index (χ2n) is 4.94. The highest BCUT2D eigenvalue weighted by Crippen LogP contribution is 2.29. The van der Waals surface area contributed by atoms with Gasteiger partial charge in [0.25, 0.3) is 0 Å². The van der Waals surface area contributed by atoms with Crippen LogP contribution in [0, 0.1) is 0 Å². The third-order valence-electron chi connectivity index (χ3n) is 3.00. The summed E-state index contributed by atoms with van der Waals surface area (Å²) in [6, 6.07) is 10.4. The molecule has 0 fully saturated rings. The van der Waals surface area contributed by atoms with E-state index in [0.29, 0.717) is 11.9 Å². The molecule has 4 heteroatoms. The van der Waals surface area contributed by atoms with Crippen molar-refractivity contribution in [1.29, 1.82) is 0 Å². The highest BCUT2D eigenvalue weighted by atomic mass is 35.5. The number of benzene rings is 1. The van der Waals surface area contributed by atoms with Gasteiger partial charge in [-0.15, -0.1) is 0 Å². The van der Waals surface area contributed by atoms with Crippen LogP contribution in [0.3, 0.4) is 0 Å². The molecule has 0 atom stereocenters. The number of aromatic nitrogens is 1. The van der Waals surface area contributed by atoms with E-state index in [1.54, 1.807) is 13.3 Å². The van der Waals surface area contributed by atoms with Crippen LogP contribution in [-0.4, -0.2) is 18.1 Å². The van der Waals surface area contributed by atoms with Gasteiger partial charge in [-0.2, -0.15) is 0 Å². The standard InChI is InChI=1S/C16H19ClN2O/c1-11(2)18-9-12-4-6-14(15(17)8-12)13-5-7-16(20-3)19-10-13/h4-8,10-11,18H,9H2,1-3H3. The third-order valence-corrected chi connectivity index (χ3v) is 3.32. The molecule has 2 rings (SSSR count). The normalized spacial score (nSPS) is 10.8. The van der Waals surface area contributed by atoms with E-state index in [2.05, 4.69) is 30.2 Å². The first-order chi connectivity index (χ1) is 9.60. The molecule has 0 radical (unpaired) electrons. The van der Waals surface area contributed by atoms with Gasteiger partial charge in [0, 0.05) is 41.0 Å². The van der Waals surface area contributed by atoms with Crippen molar-refractivity contribution in [3.8, 4) is 17.0 Å². The number of nitrogens with zero attached hydrogens (tertiary/aromatic N) is 1. The van der Waals surface area contributed by atoms with E-state index in [1.807, 2.05) is 24.3 Å². The summed E-state index contributed by atoms with van der Waals surface area (Å²) in [6.07, 6.45) is 1.77. The maximum absolute atomic E-state index is 6.37. The van der Waals surface area contributed by atoms with E-state index in [0.717, 1.165) is 22.7 Å². The third kappa shape index (κ3) is 3.71. The fourth-order valence-electron chi connectivity index (χ4n) is 1.89. The molecule has 0 saturated heterocycles. The highest BCUT2D eigenvalue weighted by Gasteiger charge is 2.06. The van der Waals surface area contributed by atoms with Crippen molar-refractivity contribution >= 4 is 11.6 Å². The molecule has 1 aromatic heterocycles. The molecule has 2 aromatic rings. The first-order valence-corrected chi connectivity index (χ1v) is 7.00. The summed E-state index contributed by atoms with van der Waals surface area (Å²) < 4.78 is 5.06. The Morgan fingerprint density at radius 3 is 2.60 bits per heavy atom. The second-order valence-corrected chi connectivity index (χ2v) is 5.35. The number of hydrogen-bond acceptors (Lipinski definition) is 3. The molecule has 0 aliphatic carbocycles. The van der Waals surface area contributed by atoms with Gasteiger partial charge in [-0.3, -0.25) is 0 Å². The predicted molar refractivity (Wildman–Crippen MR) is 83.2 cm³/mol. The zero-order chi connectivity index (χ0) is 14.5. The van der Waals surface area contributed by atoms with Crippen molar-refractivity contribution in [2.24, 2.45) is 0 Å². The molecule has 0 amide bonds. The van der Waals surface area contributed by atoms with Crippen molar-refractivity contribution in [1.82, 2.24) is 10.3 Å². The number of hydrogen-bond donors (Lipinski definition) is 1. The molecule has 3 nitrogen and oxygen atoms in total. The zero-order valence-corrected chi connectivity index (χ0v) is 12.7. The van der Waals surface area contributed by atoms with Crippen molar-refractivity contribution in [3.63, 3.8) is 0 Å². The molecule has 1 N–H and O–H groups in total. The Balaban J connectivity index is 2.20. The summed E-state index contributed by atoms with van der Waals surface area (Å²) in [5.41, 5.74) is 3.14. The van der Waals surface area contributed by atoms with Gasteiger partial charge in [-0.25, -0.2) is 4.98 Å². The van der Waals surface area contributed by atoms with Crippen molar-refractivity contribution in [3.05, 3.63) is 47.1 Å². The van der Waals surface area contributed by atoms with E-state index in [4.69, 9.17) is 16.3 Å². The highest BCUT2D eigenvalue weighted by molar-refractivity contribution is 6.33. The van der Waals surface area contributed by atoms with Crippen molar-refractivity contribution < 1.29 is 4.74 Å². The first-order valence-electron chi connectivity index (χ1n) is 6.62. The molecule has 20 heavy (non-hydrogen) atoms. The Bertz CT molecular complexity index is 567. The molecular weight excluding hydrogens is 272 g/mol. The molecule has 0 saturated carbocycles. The fraction of sp³-hybridized carbons (Fsp3) is 0.312. The zero-order valence-electron chi connectivity index (χ0n) is 12.0. The molecule has 0 bridgehead atoms. The van der Waals surface area contributed by atoms with E-state index in [-0.39, 0.29) is 0 Å². The summed E-state index contributed by atoms with van der Waals surface area (Å²) in [6.45, 7) is 5.07. The molecule has 1 aromatic carbocycles. The summed E-state index contributed by atoms with van der Waals surface area (Å²) in [7, 11) is 1.60.